The smallest absolute Gasteiger partial charge is 0.120 e. The van der Waals surface area contributed by atoms with Crippen molar-refractivity contribution in [3.8, 4) is 5.75 Å². The number of rotatable bonds is 8. The van der Waals surface area contributed by atoms with E-state index in [0.29, 0.717) is 6.61 Å². The fourth-order valence-electron chi connectivity index (χ4n) is 2.55. The van der Waals surface area contributed by atoms with Crippen LogP contribution in [0.4, 0.5) is 0 Å². The van der Waals surface area contributed by atoms with Crippen molar-refractivity contribution >= 4 is 10.9 Å². The topological polar surface area (TPSA) is 66.1 Å². The number of fused-ring (bicyclic) bond motifs is 1. The number of hydrogen-bond donors (Lipinski definition) is 2. The Hall–Kier alpha value is -2.44. The maximum Gasteiger partial charge on any atom is 0.120 e. The van der Waals surface area contributed by atoms with Gasteiger partial charge in [-0.3, -0.25) is 15.0 Å². The summed E-state index contributed by atoms with van der Waals surface area (Å²) in [5.41, 5.74) is 3.12. The van der Waals surface area contributed by atoms with Crippen LogP contribution in [0.15, 0.2) is 42.7 Å². The average molecular weight is 325 g/mol. The van der Waals surface area contributed by atoms with Gasteiger partial charge in [0.05, 0.1) is 11.2 Å². The zero-order chi connectivity index (χ0) is 16.8. The molecule has 24 heavy (non-hydrogen) atoms. The first kappa shape index (κ1) is 16.4. The van der Waals surface area contributed by atoms with Crippen LogP contribution in [0.5, 0.6) is 5.75 Å². The van der Waals surface area contributed by atoms with Gasteiger partial charge in [-0.25, -0.2) is 0 Å². The van der Waals surface area contributed by atoms with Crippen molar-refractivity contribution in [2.24, 2.45) is 0 Å². The molecule has 0 spiro atoms. The van der Waals surface area contributed by atoms with Gasteiger partial charge in [0.25, 0.3) is 0 Å². The Morgan fingerprint density at radius 3 is 3.00 bits per heavy atom. The highest BCUT2D eigenvalue weighted by molar-refractivity contribution is 5.82. The van der Waals surface area contributed by atoms with E-state index in [4.69, 9.17) is 4.74 Å². The van der Waals surface area contributed by atoms with E-state index in [1.54, 1.807) is 6.20 Å². The lowest BCUT2D eigenvalue weighted by molar-refractivity contribution is 0.306. The van der Waals surface area contributed by atoms with Gasteiger partial charge >= 0.3 is 0 Å². The minimum atomic E-state index is 0.509. The predicted molar refractivity (Wildman–Crippen MR) is 94.9 cm³/mol. The molecule has 0 unspecified atom stereocenters. The van der Waals surface area contributed by atoms with E-state index in [-0.39, 0.29) is 0 Å². The summed E-state index contributed by atoms with van der Waals surface area (Å²) in [6, 6.07) is 9.91. The predicted octanol–water partition coefficient (Wildman–Crippen LogP) is 2.19. The van der Waals surface area contributed by atoms with E-state index in [1.807, 2.05) is 37.5 Å². The molecule has 0 fully saturated rings. The van der Waals surface area contributed by atoms with Crippen molar-refractivity contribution < 1.29 is 4.74 Å². The van der Waals surface area contributed by atoms with Crippen molar-refractivity contribution in [1.29, 1.82) is 0 Å². The quantitative estimate of drug-likeness (QED) is 0.664. The van der Waals surface area contributed by atoms with E-state index < -0.39 is 0 Å². The molecule has 3 rings (SSSR count). The summed E-state index contributed by atoms with van der Waals surface area (Å²) in [5, 5.41) is 11.8. The maximum absolute atomic E-state index is 5.89. The molecule has 0 saturated heterocycles. The number of nitrogens with one attached hydrogen (secondary N) is 2. The summed E-state index contributed by atoms with van der Waals surface area (Å²) in [7, 11) is 4.07. The molecule has 0 aliphatic heterocycles. The van der Waals surface area contributed by atoms with E-state index in [2.05, 4.69) is 38.5 Å². The molecule has 2 N–H and O–H groups in total. The molecule has 0 aliphatic carbocycles. The zero-order valence-electron chi connectivity index (χ0n) is 14.1. The first-order valence-corrected chi connectivity index (χ1v) is 8.08. The fraction of sp³-hybridized carbons (Fsp3) is 0.333. The standard InChI is InChI=1S/C18H23N5O/c1-19-8-9-23(2)12-18-16-10-15(5-6-17(16)21-22-18)24-13-14-4-3-7-20-11-14/h3-7,10-11,19H,8-9,12-13H2,1-2H3,(H,21,22). The van der Waals surface area contributed by atoms with E-state index >= 15 is 0 Å². The second-order valence-electron chi connectivity index (χ2n) is 5.87. The van der Waals surface area contributed by atoms with Crippen molar-refractivity contribution in [1.82, 2.24) is 25.4 Å². The molecule has 0 saturated carbocycles. The number of H-pyrrole nitrogens is 1. The summed E-state index contributed by atoms with van der Waals surface area (Å²) in [6.07, 6.45) is 3.58. The molecule has 1 aromatic carbocycles. The second-order valence-corrected chi connectivity index (χ2v) is 5.87. The summed E-state index contributed by atoms with van der Waals surface area (Å²) in [4.78, 5) is 6.36. The van der Waals surface area contributed by atoms with E-state index in [0.717, 1.165) is 47.5 Å². The average Bonchev–Trinajstić information content (AvgIpc) is 3.01. The Morgan fingerprint density at radius 1 is 1.29 bits per heavy atom. The summed E-state index contributed by atoms with van der Waals surface area (Å²) in [5.74, 6) is 0.840. The number of likely N-dealkylation sites (N-methyl/N-ethyl adjacent to an activating group) is 2. The molecule has 6 heteroatoms. The summed E-state index contributed by atoms with van der Waals surface area (Å²) >= 11 is 0. The molecule has 2 aromatic heterocycles. The molecule has 6 nitrogen and oxygen atoms in total. The van der Waals surface area contributed by atoms with Crippen molar-refractivity contribution in [3.05, 3.63) is 54.0 Å². The van der Waals surface area contributed by atoms with E-state index in [9.17, 15) is 0 Å². The third kappa shape index (κ3) is 4.10. The number of pyridine rings is 1. The van der Waals surface area contributed by atoms with Gasteiger partial charge in [0, 0.05) is 43.0 Å². The Kier molecular flexibility index (Phi) is 5.40. The number of benzene rings is 1. The highest BCUT2D eigenvalue weighted by Gasteiger charge is 2.09. The molecule has 126 valence electrons. The summed E-state index contributed by atoms with van der Waals surface area (Å²) in [6.45, 7) is 3.27. The number of ether oxygens (including phenoxy) is 1. The third-order valence-corrected chi connectivity index (χ3v) is 3.90. The van der Waals surface area contributed by atoms with E-state index in [1.165, 1.54) is 0 Å². The highest BCUT2D eigenvalue weighted by atomic mass is 16.5. The van der Waals surface area contributed by atoms with Crippen LogP contribution >= 0.6 is 0 Å². The molecule has 0 bridgehead atoms. The van der Waals surface area contributed by atoms with Gasteiger partial charge < -0.3 is 10.1 Å². The molecule has 3 aromatic rings. The van der Waals surface area contributed by atoms with Gasteiger partial charge in [-0.05, 0) is 38.4 Å². The van der Waals surface area contributed by atoms with Crippen molar-refractivity contribution in [2.45, 2.75) is 13.2 Å². The van der Waals surface area contributed by atoms with Gasteiger partial charge in [0.1, 0.15) is 12.4 Å². The molecule has 0 radical (unpaired) electrons. The number of aromatic nitrogens is 3. The van der Waals surface area contributed by atoms with Crippen molar-refractivity contribution in [2.75, 3.05) is 27.2 Å². The Morgan fingerprint density at radius 2 is 2.21 bits per heavy atom. The van der Waals surface area contributed by atoms with Gasteiger partial charge in [-0.15, -0.1) is 0 Å². The Balaban J connectivity index is 1.71. The Labute approximate surface area is 141 Å². The lowest BCUT2D eigenvalue weighted by Gasteiger charge is -2.15. The number of aromatic amines is 1. The third-order valence-electron chi connectivity index (χ3n) is 3.90. The SMILES string of the molecule is CNCCN(C)Cc1[nH]nc2ccc(OCc3cccnc3)cc12. The highest BCUT2D eigenvalue weighted by Crippen LogP contribution is 2.23. The normalized spacial score (nSPS) is 11.3. The van der Waals surface area contributed by atoms with Crippen LogP contribution in [0.2, 0.25) is 0 Å². The van der Waals surface area contributed by atoms with Gasteiger partial charge in [-0.1, -0.05) is 6.07 Å². The van der Waals surface area contributed by atoms with Crippen LogP contribution in [0.3, 0.4) is 0 Å². The summed E-state index contributed by atoms with van der Waals surface area (Å²) < 4.78 is 5.89. The van der Waals surface area contributed by atoms with Crippen LogP contribution in [-0.4, -0.2) is 47.3 Å². The molecule has 0 amide bonds. The molecule has 2 heterocycles. The monoisotopic (exact) mass is 325 g/mol. The molecular formula is C18H23N5O. The lowest BCUT2D eigenvalue weighted by atomic mass is 10.2. The van der Waals surface area contributed by atoms with Crippen LogP contribution in [-0.2, 0) is 13.2 Å². The first-order valence-electron chi connectivity index (χ1n) is 8.08. The molecular weight excluding hydrogens is 302 g/mol. The maximum atomic E-state index is 5.89. The van der Waals surface area contributed by atoms with Gasteiger partial charge in [0.15, 0.2) is 0 Å². The lowest BCUT2D eigenvalue weighted by Crippen LogP contribution is -2.27. The zero-order valence-corrected chi connectivity index (χ0v) is 14.1. The van der Waals surface area contributed by atoms with Crippen LogP contribution in [0.25, 0.3) is 10.9 Å². The minimum Gasteiger partial charge on any atom is -0.489 e. The van der Waals surface area contributed by atoms with Crippen LogP contribution < -0.4 is 10.1 Å². The molecule has 0 aliphatic rings. The Bertz CT molecular complexity index is 771. The van der Waals surface area contributed by atoms with Gasteiger partial charge in [-0.2, -0.15) is 5.10 Å². The fourth-order valence-corrected chi connectivity index (χ4v) is 2.55. The number of nitrogens with zero attached hydrogens (tertiary/aromatic N) is 3. The largest absolute Gasteiger partial charge is 0.489 e. The van der Waals surface area contributed by atoms with Gasteiger partial charge in [0.2, 0.25) is 0 Å². The van der Waals surface area contributed by atoms with Crippen LogP contribution in [0.1, 0.15) is 11.3 Å². The minimum absolute atomic E-state index is 0.509. The van der Waals surface area contributed by atoms with Crippen LogP contribution in [0, 0.1) is 0 Å². The second kappa shape index (κ2) is 7.90. The number of hydrogen-bond acceptors (Lipinski definition) is 5. The first-order chi connectivity index (χ1) is 11.8. The molecule has 0 atom stereocenters. The van der Waals surface area contributed by atoms with Crippen molar-refractivity contribution in [3.63, 3.8) is 0 Å².